The van der Waals surface area contributed by atoms with Crippen LogP contribution in [-0.2, 0) is 0 Å². The van der Waals surface area contributed by atoms with Gasteiger partial charge in [0.15, 0.2) is 0 Å². The molecule has 0 N–H and O–H groups in total. The van der Waals surface area contributed by atoms with Crippen molar-refractivity contribution in [2.45, 2.75) is 16.8 Å². The molecule has 0 spiro atoms. The van der Waals surface area contributed by atoms with Gasteiger partial charge in [-0.3, -0.25) is 0 Å². The second kappa shape index (κ2) is 2.29. The number of rotatable bonds is 0. The largest absolute Gasteiger partial charge is 0.121 e. The quantitative estimate of drug-likeness (QED) is 0.358. The fourth-order valence-electron chi connectivity index (χ4n) is 0.589. The van der Waals surface area contributed by atoms with Crippen LogP contribution < -0.4 is 0 Å². The van der Waals surface area contributed by atoms with Crippen LogP contribution in [0.4, 0.5) is 0 Å². The molecule has 7 heavy (non-hydrogen) atoms. The zero-order valence-corrected chi connectivity index (χ0v) is 6.44. The van der Waals surface area contributed by atoms with Crippen molar-refractivity contribution in [1.29, 1.82) is 0 Å². The molecule has 1 aliphatic heterocycles. The SMILES string of the molecule is ClC1C=[SiH]CC1Cl. The fourth-order valence-corrected chi connectivity index (χ4v) is 2.95. The van der Waals surface area contributed by atoms with Crippen molar-refractivity contribution in [1.82, 2.24) is 0 Å². The maximum absolute atomic E-state index is 5.72. The normalized spacial score (nSPS) is 39.7. The topological polar surface area (TPSA) is 0 Å². The van der Waals surface area contributed by atoms with Gasteiger partial charge in [0.05, 0.1) is 10.8 Å². The molecule has 0 saturated carbocycles. The summed E-state index contributed by atoms with van der Waals surface area (Å²) in [6.45, 7) is 0. The lowest BCUT2D eigenvalue weighted by atomic mass is 10.4. The summed E-state index contributed by atoms with van der Waals surface area (Å²) in [5, 5.41) is 0.397. The summed E-state index contributed by atoms with van der Waals surface area (Å²) in [5.74, 6) is 0. The van der Waals surface area contributed by atoms with Crippen LogP contribution in [0.3, 0.4) is 0 Å². The summed E-state index contributed by atoms with van der Waals surface area (Å²) in [6.07, 6.45) is 0. The molecule has 1 rings (SSSR count). The molecule has 0 saturated heterocycles. The van der Waals surface area contributed by atoms with E-state index in [0.29, 0.717) is 9.13 Å². The molecule has 0 bridgehead atoms. The molecule has 3 heteroatoms. The van der Waals surface area contributed by atoms with Crippen molar-refractivity contribution >= 4 is 38.0 Å². The monoisotopic (exact) mass is 152 g/mol. The predicted molar refractivity (Wildman–Crippen MR) is 37.3 cm³/mol. The molecule has 0 amide bonds. The van der Waals surface area contributed by atoms with Gasteiger partial charge in [-0.05, 0) is 15.2 Å². The van der Waals surface area contributed by atoms with Crippen LogP contribution in [0, 0.1) is 0 Å². The third kappa shape index (κ3) is 1.28. The van der Waals surface area contributed by atoms with Crippen molar-refractivity contribution in [3.8, 4) is 0 Å². The van der Waals surface area contributed by atoms with Gasteiger partial charge in [-0.25, -0.2) is 0 Å². The van der Waals surface area contributed by atoms with Crippen LogP contribution in [0.25, 0.3) is 0 Å². The van der Waals surface area contributed by atoms with Gasteiger partial charge in [0.1, 0.15) is 0 Å². The number of halogens is 2. The lowest BCUT2D eigenvalue weighted by Gasteiger charge is -2.00. The second-order valence-electron chi connectivity index (χ2n) is 1.62. The maximum Gasteiger partial charge on any atom is 0.0639 e. The van der Waals surface area contributed by atoms with Gasteiger partial charge in [-0.15, -0.1) is 23.2 Å². The van der Waals surface area contributed by atoms with E-state index in [-0.39, 0.29) is 10.8 Å². The third-order valence-corrected chi connectivity index (χ3v) is 4.06. The lowest BCUT2D eigenvalue weighted by Crippen LogP contribution is -2.07. The van der Waals surface area contributed by atoms with Crippen LogP contribution in [0.15, 0.2) is 0 Å². The van der Waals surface area contributed by atoms with Crippen molar-refractivity contribution in [3.05, 3.63) is 0 Å². The first-order valence-electron chi connectivity index (χ1n) is 2.25. The zero-order valence-electron chi connectivity index (χ0n) is 3.77. The molecule has 2 atom stereocenters. The molecule has 0 radical (unpaired) electrons. The van der Waals surface area contributed by atoms with E-state index >= 15 is 0 Å². The molecule has 40 valence electrons. The highest BCUT2D eigenvalue weighted by atomic mass is 35.5. The standard InChI is InChI=1S/C4H6Cl2Si/c5-3-1-7-2-4(3)6/h1,3-4,7H,2H2. The van der Waals surface area contributed by atoms with Crippen LogP contribution in [0.1, 0.15) is 0 Å². The number of hydrogen-bond donors (Lipinski definition) is 0. The van der Waals surface area contributed by atoms with Gasteiger partial charge >= 0.3 is 0 Å². The van der Waals surface area contributed by atoms with Crippen molar-refractivity contribution < 1.29 is 0 Å². The summed E-state index contributed by atoms with van der Waals surface area (Å²) < 4.78 is 0. The molecule has 1 heterocycles. The first-order chi connectivity index (χ1) is 3.30. The minimum absolute atomic E-state index is 0.164. The maximum atomic E-state index is 5.72. The molecule has 0 aromatic heterocycles. The summed E-state index contributed by atoms with van der Waals surface area (Å²) >= 11 is 11.4. The number of hydrogen-bond acceptors (Lipinski definition) is 0. The van der Waals surface area contributed by atoms with E-state index in [4.69, 9.17) is 23.2 Å². The molecular formula is C4H6Cl2Si. The summed E-state index contributed by atoms with van der Waals surface area (Å²) in [5.41, 5.74) is 2.14. The van der Waals surface area contributed by atoms with E-state index in [2.05, 4.69) is 5.67 Å². The molecule has 0 aromatic rings. The number of alkyl halides is 2. The van der Waals surface area contributed by atoms with E-state index in [1.54, 1.807) is 0 Å². The Balaban J connectivity index is 2.45. The average Bonchev–Trinajstić information content (AvgIpc) is 1.91. The zero-order chi connectivity index (χ0) is 5.28. The Kier molecular flexibility index (Phi) is 1.90. The van der Waals surface area contributed by atoms with Crippen molar-refractivity contribution in [3.63, 3.8) is 0 Å². The van der Waals surface area contributed by atoms with Gasteiger partial charge < -0.3 is 0 Å². The van der Waals surface area contributed by atoms with Gasteiger partial charge in [0.25, 0.3) is 0 Å². The van der Waals surface area contributed by atoms with E-state index in [1.165, 1.54) is 0 Å². The molecule has 0 aliphatic carbocycles. The van der Waals surface area contributed by atoms with Gasteiger partial charge in [-0.2, -0.15) is 0 Å². The summed E-state index contributed by atoms with van der Waals surface area (Å²) in [6, 6.07) is 1.13. The molecule has 2 unspecified atom stereocenters. The third-order valence-electron chi connectivity index (χ3n) is 1.03. The van der Waals surface area contributed by atoms with Gasteiger partial charge in [0, 0.05) is 0 Å². The van der Waals surface area contributed by atoms with E-state index in [1.807, 2.05) is 0 Å². The highest BCUT2D eigenvalue weighted by molar-refractivity contribution is 6.59. The molecule has 0 nitrogen and oxygen atoms in total. The predicted octanol–water partition coefficient (Wildman–Crippen LogP) is 0.872. The Hall–Kier alpha value is 0.667. The summed E-state index contributed by atoms with van der Waals surface area (Å²) in [4.78, 5) is 0. The highest BCUT2D eigenvalue weighted by Gasteiger charge is 2.16. The second-order valence-corrected chi connectivity index (χ2v) is 4.02. The Morgan fingerprint density at radius 1 is 1.57 bits per heavy atom. The van der Waals surface area contributed by atoms with E-state index in [0.717, 1.165) is 6.04 Å². The Morgan fingerprint density at radius 3 is 2.43 bits per heavy atom. The lowest BCUT2D eigenvalue weighted by molar-refractivity contribution is 1.05. The van der Waals surface area contributed by atoms with Crippen LogP contribution in [0.2, 0.25) is 6.04 Å². The summed E-state index contributed by atoms with van der Waals surface area (Å²) in [7, 11) is 0.470. The Bertz CT molecular complexity index is 91.7. The Labute approximate surface area is 55.2 Å². The van der Waals surface area contributed by atoms with Crippen LogP contribution in [0.5, 0.6) is 0 Å². The van der Waals surface area contributed by atoms with Gasteiger partial charge in [-0.1, -0.05) is 5.67 Å². The molecule has 0 aromatic carbocycles. The van der Waals surface area contributed by atoms with Crippen molar-refractivity contribution in [2.24, 2.45) is 0 Å². The first kappa shape index (κ1) is 5.80. The Morgan fingerprint density at radius 2 is 2.29 bits per heavy atom. The molecule has 1 aliphatic rings. The molecule has 0 fully saturated rings. The highest BCUT2D eigenvalue weighted by Crippen LogP contribution is 2.14. The minimum Gasteiger partial charge on any atom is -0.121 e. The van der Waals surface area contributed by atoms with Crippen LogP contribution >= 0.6 is 23.2 Å². The van der Waals surface area contributed by atoms with Gasteiger partial charge in [0.2, 0.25) is 0 Å². The van der Waals surface area contributed by atoms with Crippen molar-refractivity contribution in [2.75, 3.05) is 0 Å². The average molecular weight is 153 g/mol. The first-order valence-corrected chi connectivity index (χ1v) is 4.61. The minimum atomic E-state index is 0.164. The molecular weight excluding hydrogens is 147 g/mol. The fraction of sp³-hybridized carbons (Fsp3) is 0.750. The van der Waals surface area contributed by atoms with E-state index in [9.17, 15) is 0 Å². The van der Waals surface area contributed by atoms with E-state index < -0.39 is 0 Å². The smallest absolute Gasteiger partial charge is 0.0639 e. The van der Waals surface area contributed by atoms with Crippen LogP contribution in [-0.4, -0.2) is 25.6 Å².